The van der Waals surface area contributed by atoms with Gasteiger partial charge < -0.3 is 19.4 Å². The second-order valence-corrected chi connectivity index (χ2v) is 8.51. The molecule has 1 amide bonds. The van der Waals surface area contributed by atoms with Crippen molar-refractivity contribution in [1.29, 1.82) is 0 Å². The monoisotopic (exact) mass is 464 g/mol. The second-order valence-electron chi connectivity index (χ2n) is 8.07. The number of halogens is 1. The van der Waals surface area contributed by atoms with Crippen LogP contribution in [-0.4, -0.2) is 15.6 Å². The predicted molar refractivity (Wildman–Crippen MR) is 128 cm³/mol. The number of aryl methyl sites for hydroxylation is 2. The minimum Gasteiger partial charge on any atom is -0.444 e. The topological polar surface area (TPSA) is 84.5 Å². The number of aliphatic hydroxyl groups excluding tert-OH is 1. The van der Waals surface area contributed by atoms with Gasteiger partial charge in [0.1, 0.15) is 5.76 Å². The molecule has 0 saturated carbocycles. The Labute approximate surface area is 196 Å². The quantitative estimate of drug-likeness (QED) is 0.407. The first kappa shape index (κ1) is 22.8. The Balaban J connectivity index is 1.44. The number of hydrogen-bond donors (Lipinski definition) is 2. The Morgan fingerprint density at radius 2 is 1.88 bits per heavy atom. The van der Waals surface area contributed by atoms with Crippen molar-refractivity contribution in [2.75, 3.05) is 0 Å². The lowest BCUT2D eigenvalue weighted by Gasteiger charge is -2.09. The highest BCUT2D eigenvalue weighted by Crippen LogP contribution is 2.22. The molecule has 33 heavy (non-hydrogen) atoms. The van der Waals surface area contributed by atoms with Crippen molar-refractivity contribution in [3.63, 3.8) is 0 Å². The Morgan fingerprint density at radius 3 is 2.61 bits per heavy atom. The van der Waals surface area contributed by atoms with E-state index in [1.54, 1.807) is 36.0 Å². The molecule has 6 nitrogen and oxygen atoms in total. The van der Waals surface area contributed by atoms with Crippen molar-refractivity contribution in [1.82, 2.24) is 9.88 Å². The van der Waals surface area contributed by atoms with Crippen LogP contribution in [0.5, 0.6) is 0 Å². The number of pyridine rings is 1. The van der Waals surface area contributed by atoms with Crippen molar-refractivity contribution in [2.24, 2.45) is 7.05 Å². The van der Waals surface area contributed by atoms with E-state index in [0.29, 0.717) is 46.8 Å². The molecule has 170 valence electrons. The number of aromatic nitrogens is 1. The summed E-state index contributed by atoms with van der Waals surface area (Å²) >= 11 is 5.88. The molecule has 2 aromatic carbocycles. The van der Waals surface area contributed by atoms with Crippen LogP contribution in [-0.2, 0) is 31.2 Å². The average Bonchev–Trinajstić information content (AvgIpc) is 3.26. The lowest BCUT2D eigenvalue weighted by molar-refractivity contribution is -0.120. The first-order valence-electron chi connectivity index (χ1n) is 10.8. The number of aliphatic hydroxyl groups is 1. The first-order valence-corrected chi connectivity index (χ1v) is 11.1. The zero-order valence-corrected chi connectivity index (χ0v) is 19.0. The van der Waals surface area contributed by atoms with Crippen molar-refractivity contribution in [3.8, 4) is 0 Å². The zero-order valence-electron chi connectivity index (χ0n) is 18.3. The van der Waals surface area contributed by atoms with E-state index < -0.39 is 6.10 Å². The molecule has 1 unspecified atom stereocenters. The summed E-state index contributed by atoms with van der Waals surface area (Å²) in [6, 6.07) is 18.4. The number of hydrogen-bond acceptors (Lipinski definition) is 4. The van der Waals surface area contributed by atoms with Gasteiger partial charge in [-0.15, -0.1) is 0 Å². The van der Waals surface area contributed by atoms with Crippen molar-refractivity contribution in [3.05, 3.63) is 105 Å². The summed E-state index contributed by atoms with van der Waals surface area (Å²) in [5.74, 6) is 0.383. The third-order valence-electron chi connectivity index (χ3n) is 5.57. The molecule has 0 aliphatic heterocycles. The van der Waals surface area contributed by atoms with E-state index in [0.717, 1.165) is 11.1 Å². The van der Waals surface area contributed by atoms with Crippen LogP contribution >= 0.6 is 11.6 Å². The fourth-order valence-corrected chi connectivity index (χ4v) is 3.91. The van der Waals surface area contributed by atoms with Crippen LogP contribution in [0.25, 0.3) is 11.1 Å². The van der Waals surface area contributed by atoms with Gasteiger partial charge in [0.25, 0.3) is 0 Å². The summed E-state index contributed by atoms with van der Waals surface area (Å²) in [6.07, 6.45) is 1.96. The molecular weight excluding hydrogens is 440 g/mol. The molecule has 2 aromatic heterocycles. The van der Waals surface area contributed by atoms with Gasteiger partial charge in [-0.05, 0) is 35.7 Å². The molecule has 0 spiro atoms. The van der Waals surface area contributed by atoms with Gasteiger partial charge in [-0.2, -0.15) is 0 Å². The van der Waals surface area contributed by atoms with E-state index in [9.17, 15) is 14.7 Å². The third-order valence-corrected chi connectivity index (χ3v) is 5.82. The van der Waals surface area contributed by atoms with Gasteiger partial charge in [0.15, 0.2) is 5.43 Å². The van der Waals surface area contributed by atoms with Gasteiger partial charge in [0.05, 0.1) is 17.9 Å². The number of nitrogens with one attached hydrogen (secondary N) is 1. The SMILES string of the molecule is Cn1cc(CC(=O)NCc2ccc(Cl)cc2)c(=O)c2cc(CCC(O)c3ccccc3)oc21. The third kappa shape index (κ3) is 5.53. The summed E-state index contributed by atoms with van der Waals surface area (Å²) < 4.78 is 7.60. The van der Waals surface area contributed by atoms with E-state index >= 15 is 0 Å². The molecule has 0 bridgehead atoms. The van der Waals surface area contributed by atoms with Gasteiger partial charge in [0.2, 0.25) is 11.6 Å². The van der Waals surface area contributed by atoms with Crippen LogP contribution in [0.15, 0.2) is 76.1 Å². The van der Waals surface area contributed by atoms with Crippen LogP contribution in [0, 0.1) is 0 Å². The summed E-state index contributed by atoms with van der Waals surface area (Å²) in [4.78, 5) is 25.4. The molecule has 0 fully saturated rings. The number of carbonyl (C=O) groups is 1. The molecule has 4 rings (SSSR count). The summed E-state index contributed by atoms with van der Waals surface area (Å²) in [7, 11) is 1.78. The molecule has 2 heterocycles. The molecule has 0 saturated heterocycles. The van der Waals surface area contributed by atoms with Gasteiger partial charge in [-0.25, -0.2) is 0 Å². The van der Waals surface area contributed by atoms with Crippen molar-refractivity contribution < 1.29 is 14.3 Å². The molecular formula is C26H25ClN2O4. The number of nitrogens with zero attached hydrogens (tertiary/aromatic N) is 1. The molecule has 0 aliphatic rings. The van der Waals surface area contributed by atoms with Gasteiger partial charge in [-0.1, -0.05) is 54.1 Å². The lowest BCUT2D eigenvalue weighted by Crippen LogP contribution is -2.27. The Kier molecular flexibility index (Phi) is 6.96. The predicted octanol–water partition coefficient (Wildman–Crippen LogP) is 4.31. The maximum Gasteiger partial charge on any atom is 0.224 e. The minimum absolute atomic E-state index is 0.0244. The van der Waals surface area contributed by atoms with Crippen molar-refractivity contribution >= 4 is 28.6 Å². The van der Waals surface area contributed by atoms with Gasteiger partial charge in [-0.3, -0.25) is 9.59 Å². The summed E-state index contributed by atoms with van der Waals surface area (Å²) in [5.41, 5.74) is 2.40. The number of amides is 1. The fourth-order valence-electron chi connectivity index (χ4n) is 3.79. The van der Waals surface area contributed by atoms with Crippen LogP contribution < -0.4 is 10.7 Å². The molecule has 0 aliphatic carbocycles. The Hall–Kier alpha value is -3.35. The molecule has 0 radical (unpaired) electrons. The second kappa shape index (κ2) is 10.1. The normalized spacial score (nSPS) is 12.1. The smallest absolute Gasteiger partial charge is 0.224 e. The number of rotatable bonds is 8. The van der Waals surface area contributed by atoms with E-state index in [-0.39, 0.29) is 17.8 Å². The molecule has 4 aromatic rings. The largest absolute Gasteiger partial charge is 0.444 e. The van der Waals surface area contributed by atoms with Crippen LogP contribution in [0.2, 0.25) is 5.02 Å². The highest BCUT2D eigenvalue weighted by molar-refractivity contribution is 6.30. The van der Waals surface area contributed by atoms with Crippen LogP contribution in [0.4, 0.5) is 0 Å². The van der Waals surface area contributed by atoms with Gasteiger partial charge in [0, 0.05) is 36.8 Å². The van der Waals surface area contributed by atoms with E-state index in [2.05, 4.69) is 5.32 Å². The molecule has 2 N–H and O–H groups in total. The maximum absolute atomic E-state index is 13.0. The number of benzene rings is 2. The summed E-state index contributed by atoms with van der Waals surface area (Å²) in [5, 5.41) is 14.3. The summed E-state index contributed by atoms with van der Waals surface area (Å²) in [6.45, 7) is 0.359. The highest BCUT2D eigenvalue weighted by Gasteiger charge is 2.16. The van der Waals surface area contributed by atoms with Gasteiger partial charge >= 0.3 is 0 Å². The first-order chi connectivity index (χ1) is 15.9. The highest BCUT2D eigenvalue weighted by atomic mass is 35.5. The minimum atomic E-state index is -0.611. The lowest BCUT2D eigenvalue weighted by atomic mass is 10.0. The average molecular weight is 465 g/mol. The number of carbonyl (C=O) groups excluding carboxylic acids is 1. The van der Waals surface area contributed by atoms with E-state index in [4.69, 9.17) is 16.0 Å². The Bertz CT molecular complexity index is 1310. The number of furan rings is 1. The fraction of sp³-hybridized carbons (Fsp3) is 0.231. The maximum atomic E-state index is 13.0. The number of fused-ring (bicyclic) bond motifs is 1. The Morgan fingerprint density at radius 1 is 1.15 bits per heavy atom. The van der Waals surface area contributed by atoms with E-state index in [1.165, 1.54) is 0 Å². The standard InChI is InChI=1S/C26H25ClN2O4/c1-29-16-19(13-24(31)28-15-17-7-9-20(27)10-8-17)25(32)22-14-21(33-26(22)29)11-12-23(30)18-5-3-2-4-6-18/h2-10,14,16,23,30H,11-13,15H2,1H3,(H,28,31). The molecule has 1 atom stereocenters. The molecule has 7 heteroatoms. The van der Waals surface area contributed by atoms with Crippen LogP contribution in [0.1, 0.15) is 35.0 Å². The van der Waals surface area contributed by atoms with Crippen LogP contribution in [0.3, 0.4) is 0 Å². The zero-order chi connectivity index (χ0) is 23.4. The van der Waals surface area contributed by atoms with E-state index in [1.807, 2.05) is 42.5 Å². The van der Waals surface area contributed by atoms with Crippen molar-refractivity contribution in [2.45, 2.75) is 31.9 Å².